The molecule has 0 spiro atoms. The second kappa shape index (κ2) is 5.60. The van der Waals surface area contributed by atoms with Gasteiger partial charge in [0.05, 0.1) is 0 Å². The molecule has 3 unspecified atom stereocenters. The van der Waals surface area contributed by atoms with Gasteiger partial charge < -0.3 is 0 Å². The third kappa shape index (κ3) is 2.26. The van der Waals surface area contributed by atoms with Crippen molar-refractivity contribution in [1.29, 1.82) is 0 Å². The highest BCUT2D eigenvalue weighted by atomic mass is 28.3. The van der Waals surface area contributed by atoms with Crippen LogP contribution < -0.4 is 5.19 Å². The van der Waals surface area contributed by atoms with Gasteiger partial charge in [-0.3, -0.25) is 0 Å². The topological polar surface area (TPSA) is 0 Å². The maximum Gasteiger partial charge on any atom is 0.100 e. The van der Waals surface area contributed by atoms with Gasteiger partial charge in [0.15, 0.2) is 0 Å². The quantitative estimate of drug-likeness (QED) is 0.614. The van der Waals surface area contributed by atoms with Crippen molar-refractivity contribution in [2.24, 2.45) is 0 Å². The molecular weight excluding hydrogens is 268 g/mol. The molecule has 0 bridgehead atoms. The van der Waals surface area contributed by atoms with E-state index in [9.17, 15) is 0 Å². The second-order valence-corrected chi connectivity index (χ2v) is 12.2. The number of benzene rings is 1. The van der Waals surface area contributed by atoms with Crippen molar-refractivity contribution in [2.45, 2.75) is 65.1 Å². The fraction of sp³-hybridized carbons (Fsp3) is 0.500. The Kier molecular flexibility index (Phi) is 4.35. The molecule has 0 aromatic heterocycles. The highest BCUT2D eigenvalue weighted by Gasteiger charge is 2.52. The predicted molar refractivity (Wildman–Crippen MR) is 97.9 cm³/mol. The molecule has 114 valence electrons. The molecule has 0 saturated heterocycles. The standard InChI is InChI=1S/C20H30Si/c1-8-16(3)21(7,19-12-10-9-11-13-19)20(6)14-15(2)17(4)18(20)5/h9-14,16H,8H2,1-7H3. The van der Waals surface area contributed by atoms with Crippen LogP contribution in [-0.4, -0.2) is 8.07 Å². The van der Waals surface area contributed by atoms with E-state index >= 15 is 0 Å². The van der Waals surface area contributed by atoms with Crippen molar-refractivity contribution in [2.75, 3.05) is 0 Å². The first kappa shape index (κ1) is 16.3. The van der Waals surface area contributed by atoms with E-state index in [2.05, 4.69) is 84.5 Å². The molecule has 0 saturated carbocycles. The van der Waals surface area contributed by atoms with Crippen LogP contribution in [0.3, 0.4) is 0 Å². The summed E-state index contributed by atoms with van der Waals surface area (Å²) in [6, 6.07) is 11.3. The van der Waals surface area contributed by atoms with E-state index in [1.165, 1.54) is 17.6 Å². The molecule has 0 radical (unpaired) electrons. The van der Waals surface area contributed by atoms with Gasteiger partial charge in [0, 0.05) is 5.04 Å². The monoisotopic (exact) mass is 298 g/mol. The summed E-state index contributed by atoms with van der Waals surface area (Å²) in [6.07, 6.45) is 3.83. The first-order chi connectivity index (χ1) is 9.79. The van der Waals surface area contributed by atoms with Gasteiger partial charge in [-0.25, -0.2) is 0 Å². The third-order valence-electron chi connectivity index (χ3n) is 6.49. The van der Waals surface area contributed by atoms with Gasteiger partial charge in [-0.05, 0) is 31.9 Å². The Morgan fingerprint density at radius 2 is 1.67 bits per heavy atom. The zero-order valence-corrected chi connectivity index (χ0v) is 15.7. The fourth-order valence-corrected chi connectivity index (χ4v) is 9.54. The van der Waals surface area contributed by atoms with Crippen LogP contribution >= 0.6 is 0 Å². The summed E-state index contributed by atoms with van der Waals surface area (Å²) < 4.78 is 0. The molecule has 1 aliphatic carbocycles. The maximum atomic E-state index is 2.60. The second-order valence-electron chi connectivity index (χ2n) is 7.16. The van der Waals surface area contributed by atoms with E-state index in [4.69, 9.17) is 0 Å². The molecule has 0 aliphatic heterocycles. The van der Waals surface area contributed by atoms with E-state index in [1.807, 2.05) is 0 Å². The summed E-state index contributed by atoms with van der Waals surface area (Å²) in [5.41, 5.74) is 5.34. The minimum absolute atomic E-state index is 0.234. The van der Waals surface area contributed by atoms with E-state index in [0.717, 1.165) is 5.54 Å². The number of rotatable bonds is 4. The first-order valence-corrected chi connectivity index (χ1v) is 10.8. The van der Waals surface area contributed by atoms with Crippen molar-refractivity contribution in [1.82, 2.24) is 0 Å². The first-order valence-electron chi connectivity index (χ1n) is 8.22. The Hall–Kier alpha value is -1.08. The molecule has 0 heterocycles. The van der Waals surface area contributed by atoms with Crippen LogP contribution in [0.4, 0.5) is 0 Å². The van der Waals surface area contributed by atoms with Crippen molar-refractivity contribution in [3.05, 3.63) is 53.1 Å². The molecule has 21 heavy (non-hydrogen) atoms. The molecule has 2 rings (SSSR count). The lowest BCUT2D eigenvalue weighted by atomic mass is 10.0. The van der Waals surface area contributed by atoms with Gasteiger partial charge in [-0.1, -0.05) is 86.5 Å². The van der Waals surface area contributed by atoms with Crippen LogP contribution in [0.15, 0.2) is 53.1 Å². The zero-order valence-electron chi connectivity index (χ0n) is 14.7. The third-order valence-corrected chi connectivity index (χ3v) is 13.1. The molecule has 0 fully saturated rings. The smallest absolute Gasteiger partial charge is 0.0737 e. The van der Waals surface area contributed by atoms with Gasteiger partial charge in [0.25, 0.3) is 0 Å². The van der Waals surface area contributed by atoms with E-state index < -0.39 is 8.07 Å². The molecular formula is C20H30Si. The average molecular weight is 299 g/mol. The predicted octanol–water partition coefficient (Wildman–Crippen LogP) is 5.83. The maximum absolute atomic E-state index is 2.60. The van der Waals surface area contributed by atoms with Crippen molar-refractivity contribution in [3.8, 4) is 0 Å². The number of hydrogen-bond donors (Lipinski definition) is 0. The molecule has 0 amide bonds. The van der Waals surface area contributed by atoms with Gasteiger partial charge in [-0.2, -0.15) is 0 Å². The van der Waals surface area contributed by atoms with Gasteiger partial charge in [0.1, 0.15) is 8.07 Å². The molecule has 1 heteroatoms. The van der Waals surface area contributed by atoms with E-state index in [1.54, 1.807) is 10.8 Å². The van der Waals surface area contributed by atoms with Crippen molar-refractivity contribution >= 4 is 13.3 Å². The minimum atomic E-state index is -1.70. The normalized spacial score (nSPS) is 26.5. The van der Waals surface area contributed by atoms with Crippen molar-refractivity contribution in [3.63, 3.8) is 0 Å². The van der Waals surface area contributed by atoms with Gasteiger partial charge in [0.2, 0.25) is 0 Å². The number of allylic oxidation sites excluding steroid dienone is 4. The van der Waals surface area contributed by atoms with Gasteiger partial charge in [-0.15, -0.1) is 0 Å². The van der Waals surface area contributed by atoms with Crippen LogP contribution in [0, 0.1) is 0 Å². The summed E-state index contributed by atoms with van der Waals surface area (Å²) in [7, 11) is -1.70. The number of hydrogen-bond acceptors (Lipinski definition) is 0. The SMILES string of the molecule is CCC(C)[Si](C)(c1ccccc1)C1(C)C=C(C)C(C)=C1C. The van der Waals surface area contributed by atoms with Crippen molar-refractivity contribution < 1.29 is 0 Å². The molecule has 1 aromatic rings. The summed E-state index contributed by atoms with van der Waals surface area (Å²) >= 11 is 0. The van der Waals surface area contributed by atoms with E-state index in [0.29, 0.717) is 0 Å². The fourth-order valence-electron chi connectivity index (χ4n) is 4.16. The van der Waals surface area contributed by atoms with Crippen LogP contribution in [-0.2, 0) is 0 Å². The highest BCUT2D eigenvalue weighted by Crippen LogP contribution is 2.56. The summed E-state index contributed by atoms with van der Waals surface area (Å²) in [4.78, 5) is 0. The molecule has 1 aliphatic rings. The Labute approximate surface area is 132 Å². The summed E-state index contributed by atoms with van der Waals surface area (Å²) in [6.45, 7) is 16.8. The summed E-state index contributed by atoms with van der Waals surface area (Å²) in [5.74, 6) is 0. The molecule has 0 N–H and O–H groups in total. The lowest BCUT2D eigenvalue weighted by molar-refractivity contribution is 0.763. The van der Waals surface area contributed by atoms with Gasteiger partial charge >= 0.3 is 0 Å². The lowest BCUT2D eigenvalue weighted by Crippen LogP contribution is -2.56. The molecule has 1 aromatic carbocycles. The van der Waals surface area contributed by atoms with Crippen LogP contribution in [0.5, 0.6) is 0 Å². The lowest BCUT2D eigenvalue weighted by Gasteiger charge is -2.47. The largest absolute Gasteiger partial charge is 0.100 e. The average Bonchev–Trinajstić information content (AvgIpc) is 2.71. The highest BCUT2D eigenvalue weighted by molar-refractivity contribution is 6.95. The minimum Gasteiger partial charge on any atom is -0.0737 e. The Morgan fingerprint density at radius 1 is 1.10 bits per heavy atom. The molecule has 3 atom stereocenters. The Morgan fingerprint density at radius 3 is 2.10 bits per heavy atom. The van der Waals surface area contributed by atoms with E-state index in [-0.39, 0.29) is 5.04 Å². The van der Waals surface area contributed by atoms with Crippen LogP contribution in [0.2, 0.25) is 17.1 Å². The Balaban J connectivity index is 2.69. The van der Waals surface area contributed by atoms with Crippen LogP contribution in [0.25, 0.3) is 0 Å². The zero-order chi connectivity index (χ0) is 15.8. The molecule has 0 nitrogen and oxygen atoms in total. The summed E-state index contributed by atoms with van der Waals surface area (Å²) in [5, 5.41) is 1.83. The Bertz CT molecular complexity index is 581. The van der Waals surface area contributed by atoms with Crippen LogP contribution in [0.1, 0.15) is 48.0 Å².